The van der Waals surface area contributed by atoms with Crippen molar-refractivity contribution in [2.24, 2.45) is 9.98 Å². The molecule has 0 aromatic heterocycles. The lowest BCUT2D eigenvalue weighted by Gasteiger charge is -2.26. The Labute approximate surface area is 194 Å². The standard InChI is InChI=1S/C30H38N2/c1-10-30(6,7)24-17-13-22(14-18-24)26-20(2)19-25(27(31-8)28(26)32-9)21-11-15-23(16-12-21)29(3,4)5/h11-19H,10H2,1-9H3. The van der Waals surface area contributed by atoms with E-state index in [4.69, 9.17) is 9.98 Å². The summed E-state index contributed by atoms with van der Waals surface area (Å²) in [5, 5.41) is 0. The molecule has 0 atom stereocenters. The third-order valence-corrected chi connectivity index (χ3v) is 6.82. The van der Waals surface area contributed by atoms with Crippen molar-refractivity contribution in [3.8, 4) is 0 Å². The fourth-order valence-corrected chi connectivity index (χ4v) is 4.26. The smallest absolute Gasteiger partial charge is 0.0910 e. The van der Waals surface area contributed by atoms with Crippen molar-refractivity contribution in [3.63, 3.8) is 0 Å². The predicted octanol–water partition coefficient (Wildman–Crippen LogP) is 7.68. The van der Waals surface area contributed by atoms with Crippen LogP contribution in [-0.4, -0.2) is 25.5 Å². The fourth-order valence-electron chi connectivity index (χ4n) is 4.26. The van der Waals surface area contributed by atoms with Crippen molar-refractivity contribution >= 4 is 22.6 Å². The monoisotopic (exact) mass is 426 g/mol. The van der Waals surface area contributed by atoms with E-state index >= 15 is 0 Å². The van der Waals surface area contributed by atoms with Gasteiger partial charge in [0.05, 0.1) is 11.4 Å². The predicted molar refractivity (Wildman–Crippen MR) is 142 cm³/mol. The topological polar surface area (TPSA) is 24.7 Å². The van der Waals surface area contributed by atoms with E-state index in [0.29, 0.717) is 0 Å². The van der Waals surface area contributed by atoms with Gasteiger partial charge < -0.3 is 0 Å². The Morgan fingerprint density at radius 2 is 1.19 bits per heavy atom. The van der Waals surface area contributed by atoms with Crippen LogP contribution in [0, 0.1) is 0 Å². The van der Waals surface area contributed by atoms with Gasteiger partial charge in [0.25, 0.3) is 0 Å². The highest BCUT2D eigenvalue weighted by Gasteiger charge is 2.27. The summed E-state index contributed by atoms with van der Waals surface area (Å²) in [6, 6.07) is 17.9. The quantitative estimate of drug-likeness (QED) is 0.448. The minimum absolute atomic E-state index is 0.138. The van der Waals surface area contributed by atoms with Gasteiger partial charge in [-0.15, -0.1) is 0 Å². The zero-order valence-electron chi connectivity index (χ0n) is 21.3. The number of hydrogen-bond donors (Lipinski definition) is 0. The summed E-state index contributed by atoms with van der Waals surface area (Å²) in [6.07, 6.45) is 3.38. The number of hydrogen-bond acceptors (Lipinski definition) is 2. The molecule has 0 unspecified atom stereocenters. The number of benzene rings is 2. The minimum atomic E-state index is 0.138. The molecular weight excluding hydrogens is 388 g/mol. The Kier molecular flexibility index (Phi) is 6.74. The van der Waals surface area contributed by atoms with Crippen molar-refractivity contribution in [1.29, 1.82) is 0 Å². The molecule has 32 heavy (non-hydrogen) atoms. The largest absolute Gasteiger partial charge is 0.286 e. The Morgan fingerprint density at radius 3 is 1.66 bits per heavy atom. The summed E-state index contributed by atoms with van der Waals surface area (Å²) in [6.45, 7) is 15.8. The van der Waals surface area contributed by atoms with E-state index in [2.05, 4.69) is 103 Å². The van der Waals surface area contributed by atoms with Crippen LogP contribution in [-0.2, 0) is 10.8 Å². The molecule has 0 amide bonds. The Bertz CT molecular complexity index is 1100. The van der Waals surface area contributed by atoms with Crippen molar-refractivity contribution in [2.45, 2.75) is 65.7 Å². The molecule has 2 heteroatoms. The van der Waals surface area contributed by atoms with E-state index in [0.717, 1.165) is 23.4 Å². The van der Waals surface area contributed by atoms with Crippen LogP contribution in [0.5, 0.6) is 0 Å². The first-order chi connectivity index (χ1) is 15.0. The van der Waals surface area contributed by atoms with E-state index in [1.807, 2.05) is 14.1 Å². The highest BCUT2D eigenvalue weighted by Crippen LogP contribution is 2.35. The third kappa shape index (κ3) is 4.55. The van der Waals surface area contributed by atoms with Crippen LogP contribution in [0.15, 0.2) is 70.2 Å². The van der Waals surface area contributed by atoms with E-state index in [-0.39, 0.29) is 10.8 Å². The van der Waals surface area contributed by atoms with E-state index in [1.54, 1.807) is 0 Å². The number of aliphatic imine (C=N–C) groups is 2. The summed E-state index contributed by atoms with van der Waals surface area (Å²) in [7, 11) is 3.73. The molecule has 0 N–H and O–H groups in total. The fraction of sp³-hybridized carbons (Fsp3) is 0.400. The van der Waals surface area contributed by atoms with Gasteiger partial charge in [0.2, 0.25) is 0 Å². The molecule has 2 aromatic carbocycles. The van der Waals surface area contributed by atoms with Crippen LogP contribution in [0.4, 0.5) is 0 Å². The van der Waals surface area contributed by atoms with E-state index in [9.17, 15) is 0 Å². The molecule has 0 bridgehead atoms. The van der Waals surface area contributed by atoms with Gasteiger partial charge in [-0.3, -0.25) is 9.98 Å². The van der Waals surface area contributed by atoms with Crippen LogP contribution >= 0.6 is 0 Å². The molecule has 2 aromatic rings. The van der Waals surface area contributed by atoms with Gasteiger partial charge in [-0.2, -0.15) is 0 Å². The molecule has 0 aliphatic heterocycles. The average Bonchev–Trinajstić information content (AvgIpc) is 2.77. The van der Waals surface area contributed by atoms with Gasteiger partial charge in [0, 0.05) is 25.2 Å². The number of nitrogens with zero attached hydrogens (tertiary/aromatic N) is 2. The summed E-state index contributed by atoms with van der Waals surface area (Å²) < 4.78 is 0. The van der Waals surface area contributed by atoms with Gasteiger partial charge in [0.15, 0.2) is 0 Å². The van der Waals surface area contributed by atoms with Gasteiger partial charge in [0.1, 0.15) is 0 Å². The summed E-state index contributed by atoms with van der Waals surface area (Å²) in [5.74, 6) is 0. The van der Waals surface area contributed by atoms with Gasteiger partial charge in [-0.25, -0.2) is 0 Å². The molecule has 0 saturated heterocycles. The lowest BCUT2D eigenvalue weighted by molar-refractivity contribution is 0.506. The molecule has 0 radical (unpaired) electrons. The van der Waals surface area contributed by atoms with Crippen molar-refractivity contribution < 1.29 is 0 Å². The average molecular weight is 427 g/mol. The minimum Gasteiger partial charge on any atom is -0.286 e. The maximum atomic E-state index is 4.72. The first kappa shape index (κ1) is 23.9. The zero-order valence-corrected chi connectivity index (χ0v) is 21.3. The highest BCUT2D eigenvalue weighted by atomic mass is 14.8. The number of rotatable bonds is 4. The summed E-state index contributed by atoms with van der Waals surface area (Å²) >= 11 is 0. The Hall–Kier alpha value is -2.74. The van der Waals surface area contributed by atoms with Crippen molar-refractivity contribution in [3.05, 3.63) is 82.4 Å². The molecular formula is C30H38N2. The Balaban J connectivity index is 2.10. The molecule has 3 rings (SSSR count). The third-order valence-electron chi connectivity index (χ3n) is 6.82. The zero-order chi connectivity index (χ0) is 23.7. The van der Waals surface area contributed by atoms with Crippen molar-refractivity contribution in [2.75, 3.05) is 14.1 Å². The molecule has 0 fully saturated rings. The summed E-state index contributed by atoms with van der Waals surface area (Å²) in [4.78, 5) is 9.41. The molecule has 0 saturated carbocycles. The van der Waals surface area contributed by atoms with Gasteiger partial charge >= 0.3 is 0 Å². The first-order valence-electron chi connectivity index (χ1n) is 11.6. The molecule has 0 spiro atoms. The van der Waals surface area contributed by atoms with E-state index in [1.165, 1.54) is 33.4 Å². The molecule has 1 aliphatic carbocycles. The van der Waals surface area contributed by atoms with Crippen molar-refractivity contribution in [1.82, 2.24) is 0 Å². The van der Waals surface area contributed by atoms with Crippen LogP contribution in [0.25, 0.3) is 11.1 Å². The second-order valence-corrected chi connectivity index (χ2v) is 10.4. The summed E-state index contributed by atoms with van der Waals surface area (Å²) in [5.41, 5.74) is 10.8. The maximum Gasteiger partial charge on any atom is 0.0910 e. The molecule has 0 heterocycles. The van der Waals surface area contributed by atoms with Gasteiger partial charge in [-0.1, -0.05) is 90.1 Å². The molecule has 1 aliphatic rings. The van der Waals surface area contributed by atoms with Gasteiger partial charge in [-0.05, 0) is 58.1 Å². The maximum absolute atomic E-state index is 4.72. The SMILES string of the molecule is CCC(C)(C)c1ccc(C2=C(C)C=C(c3ccc(C(C)(C)C)cc3)C(=NC)C2=NC)cc1. The van der Waals surface area contributed by atoms with Crippen LogP contribution in [0.3, 0.4) is 0 Å². The van der Waals surface area contributed by atoms with E-state index < -0.39 is 0 Å². The first-order valence-corrected chi connectivity index (χ1v) is 11.6. The van der Waals surface area contributed by atoms with Crippen LogP contribution < -0.4 is 0 Å². The second-order valence-electron chi connectivity index (χ2n) is 10.4. The van der Waals surface area contributed by atoms with Crippen LogP contribution in [0.1, 0.15) is 77.1 Å². The lowest BCUT2D eigenvalue weighted by atomic mass is 9.79. The highest BCUT2D eigenvalue weighted by molar-refractivity contribution is 6.70. The normalized spacial score (nSPS) is 17.8. The molecule has 2 nitrogen and oxygen atoms in total. The number of allylic oxidation sites excluding steroid dienone is 4. The van der Waals surface area contributed by atoms with Crippen LogP contribution in [0.2, 0.25) is 0 Å². The lowest BCUT2D eigenvalue weighted by Crippen LogP contribution is -2.23. The second kappa shape index (κ2) is 9.02. The Morgan fingerprint density at radius 1 is 0.688 bits per heavy atom. The molecule has 168 valence electrons.